The lowest BCUT2D eigenvalue weighted by Gasteiger charge is -2.22. The molecule has 1 atom stereocenters. The molecule has 0 bridgehead atoms. The van der Waals surface area contributed by atoms with E-state index in [4.69, 9.17) is 5.73 Å². The summed E-state index contributed by atoms with van der Waals surface area (Å²) in [5.41, 5.74) is 5.95. The van der Waals surface area contributed by atoms with E-state index < -0.39 is 0 Å². The summed E-state index contributed by atoms with van der Waals surface area (Å²) in [6, 6.07) is 2.35. The van der Waals surface area contributed by atoms with E-state index in [1.54, 1.807) is 0 Å². The van der Waals surface area contributed by atoms with Gasteiger partial charge in [0.05, 0.1) is 0 Å². The van der Waals surface area contributed by atoms with Gasteiger partial charge in [0, 0.05) is 38.8 Å². The van der Waals surface area contributed by atoms with E-state index >= 15 is 0 Å². The maximum absolute atomic E-state index is 5.95. The average molecular weight is 249 g/mol. The lowest BCUT2D eigenvalue weighted by atomic mass is 10.3. The summed E-state index contributed by atoms with van der Waals surface area (Å²) < 4.78 is 0. The van der Waals surface area contributed by atoms with Crippen molar-refractivity contribution in [2.45, 2.75) is 32.7 Å². The van der Waals surface area contributed by atoms with Crippen molar-refractivity contribution in [3.05, 3.63) is 11.9 Å². The van der Waals surface area contributed by atoms with Gasteiger partial charge in [-0.15, -0.1) is 0 Å². The largest absolute Gasteiger partial charge is 0.360 e. The Bertz CT molecular complexity index is 406. The maximum Gasteiger partial charge on any atom is 0.134 e. The van der Waals surface area contributed by atoms with Crippen LogP contribution in [0.15, 0.2) is 6.07 Å². The molecule has 1 aromatic rings. The molecular formula is C13H23N5. The fraction of sp³-hybridized carbons (Fsp3) is 0.692. The Morgan fingerprint density at radius 1 is 1.50 bits per heavy atom. The van der Waals surface area contributed by atoms with Crippen molar-refractivity contribution < 1.29 is 0 Å². The number of nitrogens with zero attached hydrogens (tertiary/aromatic N) is 4. The molecule has 2 N–H and O–H groups in total. The fourth-order valence-corrected chi connectivity index (χ4v) is 2.34. The Morgan fingerprint density at radius 2 is 2.28 bits per heavy atom. The summed E-state index contributed by atoms with van der Waals surface area (Å²) in [6.45, 7) is 7.02. The second kappa shape index (κ2) is 5.52. The third kappa shape index (κ3) is 2.90. The van der Waals surface area contributed by atoms with Gasteiger partial charge >= 0.3 is 0 Å². The van der Waals surface area contributed by atoms with Gasteiger partial charge in [-0.3, -0.25) is 0 Å². The first-order chi connectivity index (χ1) is 8.60. The molecule has 0 amide bonds. The number of rotatable bonds is 4. The number of aryl methyl sites for hydroxylation is 1. The second-order valence-electron chi connectivity index (χ2n) is 5.05. The van der Waals surface area contributed by atoms with E-state index in [1.807, 2.05) is 6.92 Å². The quantitative estimate of drug-likeness (QED) is 0.868. The standard InChI is InChI=1S/C13H23N5/c1-4-6-17(3)12-8-13(16-10(2)15-12)18-7-5-11(14)9-18/h8,11H,4-7,9,14H2,1-3H3. The molecule has 0 saturated carbocycles. The molecule has 0 spiro atoms. The van der Waals surface area contributed by atoms with Crippen molar-refractivity contribution in [1.29, 1.82) is 0 Å². The molecule has 0 aliphatic carbocycles. The van der Waals surface area contributed by atoms with Crippen LogP contribution in [0, 0.1) is 6.92 Å². The van der Waals surface area contributed by atoms with Gasteiger partial charge < -0.3 is 15.5 Å². The topological polar surface area (TPSA) is 58.3 Å². The molecule has 2 rings (SSSR count). The SMILES string of the molecule is CCCN(C)c1cc(N2CCC(N)C2)nc(C)n1. The van der Waals surface area contributed by atoms with Gasteiger partial charge in [-0.1, -0.05) is 6.92 Å². The van der Waals surface area contributed by atoms with E-state index in [0.717, 1.165) is 49.9 Å². The zero-order valence-electron chi connectivity index (χ0n) is 11.6. The Morgan fingerprint density at radius 3 is 2.89 bits per heavy atom. The first-order valence-electron chi connectivity index (χ1n) is 6.67. The molecule has 1 aliphatic rings. The molecule has 18 heavy (non-hydrogen) atoms. The molecule has 1 unspecified atom stereocenters. The maximum atomic E-state index is 5.95. The zero-order valence-corrected chi connectivity index (χ0v) is 11.6. The van der Waals surface area contributed by atoms with Gasteiger partial charge in [0.25, 0.3) is 0 Å². The summed E-state index contributed by atoms with van der Waals surface area (Å²) in [4.78, 5) is 13.5. The van der Waals surface area contributed by atoms with Gasteiger partial charge in [-0.2, -0.15) is 0 Å². The Hall–Kier alpha value is -1.36. The van der Waals surface area contributed by atoms with E-state index in [1.165, 1.54) is 0 Å². The van der Waals surface area contributed by atoms with Crippen LogP contribution in [0.5, 0.6) is 0 Å². The summed E-state index contributed by atoms with van der Waals surface area (Å²) in [7, 11) is 2.07. The molecule has 5 heteroatoms. The van der Waals surface area contributed by atoms with Crippen LogP contribution < -0.4 is 15.5 Å². The predicted octanol–water partition coefficient (Wildman–Crippen LogP) is 1.17. The molecule has 1 aliphatic heterocycles. The molecule has 0 radical (unpaired) electrons. The summed E-state index contributed by atoms with van der Waals surface area (Å²) >= 11 is 0. The van der Waals surface area contributed by atoms with Crippen molar-refractivity contribution in [1.82, 2.24) is 9.97 Å². The molecule has 1 aromatic heterocycles. The molecule has 100 valence electrons. The van der Waals surface area contributed by atoms with E-state index in [9.17, 15) is 0 Å². The number of hydrogen-bond donors (Lipinski definition) is 1. The lowest BCUT2D eigenvalue weighted by molar-refractivity contribution is 0.751. The normalized spacial score (nSPS) is 19.3. The first-order valence-corrected chi connectivity index (χ1v) is 6.67. The van der Waals surface area contributed by atoms with Crippen molar-refractivity contribution in [2.24, 2.45) is 5.73 Å². The predicted molar refractivity (Wildman–Crippen MR) is 75.1 cm³/mol. The van der Waals surface area contributed by atoms with Crippen LogP contribution >= 0.6 is 0 Å². The first kappa shape index (κ1) is 13.1. The van der Waals surface area contributed by atoms with Crippen molar-refractivity contribution in [3.63, 3.8) is 0 Å². The van der Waals surface area contributed by atoms with Crippen LogP contribution in [0.1, 0.15) is 25.6 Å². The van der Waals surface area contributed by atoms with Crippen molar-refractivity contribution in [2.75, 3.05) is 36.5 Å². The minimum Gasteiger partial charge on any atom is -0.360 e. The minimum atomic E-state index is 0.275. The van der Waals surface area contributed by atoms with Crippen molar-refractivity contribution in [3.8, 4) is 0 Å². The summed E-state index contributed by atoms with van der Waals surface area (Å²) in [5.74, 6) is 2.83. The Kier molecular flexibility index (Phi) is 4.01. The van der Waals surface area contributed by atoms with Gasteiger partial charge in [-0.05, 0) is 19.8 Å². The number of nitrogens with two attached hydrogens (primary N) is 1. The molecular weight excluding hydrogens is 226 g/mol. The zero-order chi connectivity index (χ0) is 13.1. The third-order valence-corrected chi connectivity index (χ3v) is 3.31. The Labute approximate surface area is 109 Å². The molecule has 5 nitrogen and oxygen atoms in total. The van der Waals surface area contributed by atoms with Crippen LogP contribution in [-0.4, -0.2) is 42.7 Å². The second-order valence-corrected chi connectivity index (χ2v) is 5.05. The Balaban J connectivity index is 2.21. The molecule has 2 heterocycles. The van der Waals surface area contributed by atoms with Crippen LogP contribution in [-0.2, 0) is 0 Å². The average Bonchev–Trinajstić information content (AvgIpc) is 2.75. The third-order valence-electron chi connectivity index (χ3n) is 3.31. The fourth-order valence-electron chi connectivity index (χ4n) is 2.34. The minimum absolute atomic E-state index is 0.275. The number of aromatic nitrogens is 2. The van der Waals surface area contributed by atoms with Crippen molar-refractivity contribution >= 4 is 11.6 Å². The van der Waals surface area contributed by atoms with Gasteiger partial charge in [-0.25, -0.2) is 9.97 Å². The highest BCUT2D eigenvalue weighted by Gasteiger charge is 2.21. The van der Waals surface area contributed by atoms with Crippen LogP contribution in [0.2, 0.25) is 0 Å². The van der Waals surface area contributed by atoms with E-state index in [0.29, 0.717) is 0 Å². The number of hydrogen-bond acceptors (Lipinski definition) is 5. The summed E-state index contributed by atoms with van der Waals surface area (Å²) in [6.07, 6.45) is 2.16. The summed E-state index contributed by atoms with van der Waals surface area (Å²) in [5, 5.41) is 0. The lowest BCUT2D eigenvalue weighted by Crippen LogP contribution is -2.27. The van der Waals surface area contributed by atoms with E-state index in [-0.39, 0.29) is 6.04 Å². The highest BCUT2D eigenvalue weighted by atomic mass is 15.2. The van der Waals surface area contributed by atoms with Crippen LogP contribution in [0.25, 0.3) is 0 Å². The highest BCUT2D eigenvalue weighted by molar-refractivity contribution is 5.51. The van der Waals surface area contributed by atoms with Crippen LogP contribution in [0.3, 0.4) is 0 Å². The molecule has 1 fully saturated rings. The highest BCUT2D eigenvalue weighted by Crippen LogP contribution is 2.21. The molecule has 1 saturated heterocycles. The van der Waals surface area contributed by atoms with E-state index in [2.05, 4.69) is 39.8 Å². The van der Waals surface area contributed by atoms with Gasteiger partial charge in [0.2, 0.25) is 0 Å². The van der Waals surface area contributed by atoms with Gasteiger partial charge in [0.15, 0.2) is 0 Å². The van der Waals surface area contributed by atoms with Gasteiger partial charge in [0.1, 0.15) is 17.5 Å². The smallest absolute Gasteiger partial charge is 0.134 e. The molecule has 0 aromatic carbocycles. The van der Waals surface area contributed by atoms with Crippen LogP contribution in [0.4, 0.5) is 11.6 Å². The number of anilines is 2. The monoisotopic (exact) mass is 249 g/mol.